The van der Waals surface area contributed by atoms with Crippen LogP contribution >= 0.6 is 7.67 Å². The molecule has 7 N–H and O–H groups in total. The van der Waals surface area contributed by atoms with Crippen LogP contribution in [0, 0.1) is 0 Å². The average Bonchev–Trinajstić information content (AvgIpc) is 3.61. The smallest absolute Gasteiger partial charge is 0.342 e. The van der Waals surface area contributed by atoms with Crippen molar-refractivity contribution in [3.63, 3.8) is 0 Å². The van der Waals surface area contributed by atoms with E-state index in [-0.39, 0.29) is 43.2 Å². The van der Waals surface area contributed by atoms with E-state index < -0.39 is 67.9 Å². The summed E-state index contributed by atoms with van der Waals surface area (Å²) in [6, 6.07) is 15.4. The Bertz CT molecular complexity index is 1840. The fourth-order valence-electron chi connectivity index (χ4n) is 5.74. The lowest BCUT2D eigenvalue weighted by molar-refractivity contribution is -0.145. The standard InChI is InChI=1S/C33H42N7O10P/c1-4-47-29(43)22(16-20-12-8-6-9-13-20)38-51(46,39-23(30(44)48-5-2)17-21-14-10-7-11-15-21)49-18-24-26(41)33(3,45)31(50-24)40-19-35-25-27(40)36-32(34)37-28(25)42/h6-15,19,22-24,26,31,41,45H,4-5,16-18H2,1-3H3,(H2,38,39,46)(H3,34,36,37,42)/t22-,23-,24+,26?,31+,33?/m0/s1. The zero-order valence-electron chi connectivity index (χ0n) is 28.3. The first-order valence-corrected chi connectivity index (χ1v) is 18.0. The van der Waals surface area contributed by atoms with Crippen LogP contribution in [0.5, 0.6) is 0 Å². The number of aromatic nitrogens is 4. The molecule has 0 spiro atoms. The van der Waals surface area contributed by atoms with Gasteiger partial charge in [-0.2, -0.15) is 4.98 Å². The van der Waals surface area contributed by atoms with Crippen molar-refractivity contribution in [3.05, 3.63) is 88.5 Å². The second-order valence-electron chi connectivity index (χ2n) is 12.1. The summed E-state index contributed by atoms with van der Waals surface area (Å²) in [7, 11) is -4.48. The Kier molecular flexibility index (Phi) is 12.0. The number of aliphatic hydroxyl groups is 2. The molecule has 6 atom stereocenters. The van der Waals surface area contributed by atoms with Crippen LogP contribution in [-0.4, -0.2) is 91.4 Å². The number of aromatic amines is 1. The number of rotatable bonds is 16. The highest BCUT2D eigenvalue weighted by Gasteiger charge is 2.54. The normalized spacial score (nSPS) is 21.7. The molecule has 0 bridgehead atoms. The van der Waals surface area contributed by atoms with E-state index in [0.29, 0.717) is 0 Å². The summed E-state index contributed by atoms with van der Waals surface area (Å²) in [5.74, 6) is -1.66. The number of nitrogen functional groups attached to an aromatic ring is 1. The van der Waals surface area contributed by atoms with Gasteiger partial charge in [0.25, 0.3) is 5.56 Å². The number of carbonyl (C=O) groups is 2. The van der Waals surface area contributed by atoms with Gasteiger partial charge in [0.1, 0.15) is 29.9 Å². The Morgan fingerprint density at radius 3 is 2.06 bits per heavy atom. The van der Waals surface area contributed by atoms with Crippen molar-refractivity contribution in [2.24, 2.45) is 0 Å². The Balaban J connectivity index is 1.46. The highest BCUT2D eigenvalue weighted by molar-refractivity contribution is 7.54. The SMILES string of the molecule is CCOC(=O)[C@H](Cc1ccccc1)NP(=O)(N[C@@H](Cc1ccccc1)C(=O)OCC)OC[C@H]1O[C@@H](n2cnc3c(=O)[nH]c(N)nc32)C(C)(O)C1O. The molecule has 274 valence electrons. The minimum Gasteiger partial charge on any atom is -0.465 e. The largest absolute Gasteiger partial charge is 0.465 e. The molecule has 2 aromatic heterocycles. The van der Waals surface area contributed by atoms with Crippen molar-refractivity contribution in [1.82, 2.24) is 29.7 Å². The number of ether oxygens (including phenoxy) is 3. The van der Waals surface area contributed by atoms with Crippen LogP contribution in [0.2, 0.25) is 0 Å². The van der Waals surface area contributed by atoms with E-state index in [1.807, 2.05) is 12.1 Å². The third-order valence-electron chi connectivity index (χ3n) is 8.24. The van der Waals surface area contributed by atoms with Crippen molar-refractivity contribution in [1.29, 1.82) is 0 Å². The highest BCUT2D eigenvalue weighted by atomic mass is 31.2. The van der Waals surface area contributed by atoms with Crippen molar-refractivity contribution in [2.45, 2.75) is 69.7 Å². The minimum atomic E-state index is -4.48. The van der Waals surface area contributed by atoms with E-state index in [1.54, 1.807) is 62.4 Å². The number of imidazole rings is 1. The number of carbonyl (C=O) groups excluding carboxylic acids is 2. The van der Waals surface area contributed by atoms with Crippen molar-refractivity contribution in [2.75, 3.05) is 25.6 Å². The van der Waals surface area contributed by atoms with E-state index in [2.05, 4.69) is 25.1 Å². The molecule has 0 radical (unpaired) electrons. The number of hydrogen-bond donors (Lipinski definition) is 6. The van der Waals surface area contributed by atoms with Gasteiger partial charge in [-0.05, 0) is 44.7 Å². The summed E-state index contributed by atoms with van der Waals surface area (Å²) in [4.78, 5) is 49.3. The number of nitrogens with two attached hydrogens (primary N) is 1. The second-order valence-corrected chi connectivity index (χ2v) is 13.9. The molecule has 1 fully saturated rings. The van der Waals surface area contributed by atoms with Gasteiger partial charge >= 0.3 is 19.6 Å². The molecule has 17 nitrogen and oxygen atoms in total. The molecule has 0 amide bonds. The van der Waals surface area contributed by atoms with Gasteiger partial charge in [0.05, 0.1) is 26.1 Å². The number of aliphatic hydroxyl groups excluding tert-OH is 1. The van der Waals surface area contributed by atoms with Crippen LogP contribution in [-0.2, 0) is 45.7 Å². The van der Waals surface area contributed by atoms with Crippen LogP contribution in [0.3, 0.4) is 0 Å². The maximum Gasteiger partial charge on any atom is 0.342 e. The predicted molar refractivity (Wildman–Crippen MR) is 184 cm³/mol. The first-order chi connectivity index (χ1) is 24.3. The van der Waals surface area contributed by atoms with Gasteiger partial charge in [0, 0.05) is 0 Å². The van der Waals surface area contributed by atoms with Gasteiger partial charge in [-0.15, -0.1) is 0 Å². The number of hydrogen-bond acceptors (Lipinski definition) is 13. The van der Waals surface area contributed by atoms with Crippen LogP contribution < -0.4 is 21.5 Å². The number of fused-ring (bicyclic) bond motifs is 1. The molecule has 3 heterocycles. The first kappa shape index (κ1) is 37.8. The maximum absolute atomic E-state index is 14.9. The van der Waals surface area contributed by atoms with Crippen molar-refractivity contribution in [3.8, 4) is 0 Å². The molecular formula is C33H42N7O10P. The summed E-state index contributed by atoms with van der Waals surface area (Å²) >= 11 is 0. The number of anilines is 1. The summed E-state index contributed by atoms with van der Waals surface area (Å²) in [6.45, 7) is 4.03. The fourth-order valence-corrected chi connectivity index (χ4v) is 7.54. The van der Waals surface area contributed by atoms with E-state index in [0.717, 1.165) is 11.1 Å². The number of esters is 2. The maximum atomic E-state index is 14.9. The lowest BCUT2D eigenvalue weighted by atomic mass is 9.96. The number of nitrogens with zero attached hydrogens (tertiary/aromatic N) is 3. The van der Waals surface area contributed by atoms with Crippen LogP contribution in [0.4, 0.5) is 5.95 Å². The third-order valence-corrected chi connectivity index (χ3v) is 10.1. The van der Waals surface area contributed by atoms with Gasteiger partial charge in [0.15, 0.2) is 17.4 Å². The zero-order chi connectivity index (χ0) is 36.8. The van der Waals surface area contributed by atoms with Gasteiger partial charge in [-0.3, -0.25) is 28.5 Å². The molecule has 1 aliphatic rings. The second kappa shape index (κ2) is 16.2. The molecule has 2 unspecified atom stereocenters. The lowest BCUT2D eigenvalue weighted by Crippen LogP contribution is -2.47. The molecule has 1 saturated heterocycles. The Morgan fingerprint density at radius 2 is 1.55 bits per heavy atom. The molecule has 1 aliphatic heterocycles. The molecule has 4 aromatic rings. The van der Waals surface area contributed by atoms with Gasteiger partial charge in [0.2, 0.25) is 5.95 Å². The fraction of sp³-hybridized carbons (Fsp3) is 0.424. The summed E-state index contributed by atoms with van der Waals surface area (Å²) in [5.41, 5.74) is 4.45. The van der Waals surface area contributed by atoms with E-state index in [9.17, 15) is 29.2 Å². The molecular weight excluding hydrogens is 685 g/mol. The van der Waals surface area contributed by atoms with Crippen LogP contribution in [0.25, 0.3) is 11.2 Å². The van der Waals surface area contributed by atoms with E-state index in [4.69, 9.17) is 24.5 Å². The molecule has 2 aromatic carbocycles. The van der Waals surface area contributed by atoms with Crippen LogP contribution in [0.1, 0.15) is 38.1 Å². The molecule has 18 heteroatoms. The van der Waals surface area contributed by atoms with Crippen molar-refractivity contribution < 1.29 is 43.1 Å². The molecule has 0 saturated carbocycles. The summed E-state index contributed by atoms with van der Waals surface area (Å²) in [5, 5.41) is 28.2. The quantitative estimate of drug-likeness (QED) is 0.0705. The van der Waals surface area contributed by atoms with E-state index in [1.165, 1.54) is 17.8 Å². The molecule has 51 heavy (non-hydrogen) atoms. The lowest BCUT2D eigenvalue weighted by Gasteiger charge is -2.30. The predicted octanol–water partition coefficient (Wildman–Crippen LogP) is 1.36. The Labute approximate surface area is 293 Å². The highest BCUT2D eigenvalue weighted by Crippen LogP contribution is 2.44. The summed E-state index contributed by atoms with van der Waals surface area (Å²) in [6.07, 6.45) is -3.03. The number of H-pyrrole nitrogens is 1. The monoisotopic (exact) mass is 727 g/mol. The summed E-state index contributed by atoms with van der Waals surface area (Å²) < 4.78 is 38.7. The molecule has 5 rings (SSSR count). The van der Waals surface area contributed by atoms with E-state index >= 15 is 0 Å². The molecule has 0 aliphatic carbocycles. The number of benzene rings is 2. The topological polar surface area (TPSA) is 242 Å². The third kappa shape index (κ3) is 8.88. The van der Waals surface area contributed by atoms with Gasteiger partial charge in [-0.25, -0.2) is 15.2 Å². The Morgan fingerprint density at radius 1 is 1.02 bits per heavy atom. The average molecular weight is 728 g/mol. The number of nitrogens with one attached hydrogen (secondary N) is 3. The van der Waals surface area contributed by atoms with Gasteiger partial charge < -0.3 is 34.7 Å². The zero-order valence-corrected chi connectivity index (χ0v) is 29.2. The van der Waals surface area contributed by atoms with Crippen molar-refractivity contribution >= 4 is 36.7 Å². The van der Waals surface area contributed by atoms with Gasteiger partial charge in [-0.1, -0.05) is 60.7 Å². The minimum absolute atomic E-state index is 0.0133. The Hall–Kier alpha value is -4.48. The first-order valence-electron chi connectivity index (χ1n) is 16.3. The van der Waals surface area contributed by atoms with Crippen LogP contribution in [0.15, 0.2) is 71.8 Å².